The lowest BCUT2D eigenvalue weighted by molar-refractivity contribution is 0.669. The van der Waals surface area contributed by atoms with E-state index in [-0.39, 0.29) is 0 Å². The molecule has 1 aliphatic rings. The summed E-state index contributed by atoms with van der Waals surface area (Å²) in [5.74, 6) is 0.782. The number of hydrogen-bond acceptors (Lipinski definition) is 3. The minimum atomic E-state index is -2.06. The number of furan rings is 1. The van der Waals surface area contributed by atoms with Crippen molar-refractivity contribution in [1.29, 1.82) is 0 Å². The molecule has 0 aliphatic carbocycles. The van der Waals surface area contributed by atoms with Crippen LogP contribution in [0.4, 0.5) is 0 Å². The highest BCUT2D eigenvalue weighted by Gasteiger charge is 2.41. The van der Waals surface area contributed by atoms with Crippen molar-refractivity contribution in [2.45, 2.75) is 13.1 Å². The van der Waals surface area contributed by atoms with Gasteiger partial charge in [0.1, 0.15) is 19.2 Å². The van der Waals surface area contributed by atoms with Gasteiger partial charge in [0.2, 0.25) is 0 Å². The number of rotatable bonds is 3. The number of hydrogen-bond donors (Lipinski definition) is 0. The molecule has 47 heavy (non-hydrogen) atoms. The van der Waals surface area contributed by atoms with Crippen molar-refractivity contribution in [1.82, 2.24) is 14.5 Å². The van der Waals surface area contributed by atoms with Crippen LogP contribution in [0, 0.1) is 0 Å². The van der Waals surface area contributed by atoms with Crippen LogP contribution < -0.4 is 10.5 Å². The maximum Gasteiger partial charge on any atom is 0.159 e. The molecule has 0 saturated carbocycles. The van der Waals surface area contributed by atoms with Crippen LogP contribution in [0.5, 0.6) is 0 Å². The van der Waals surface area contributed by atoms with Crippen LogP contribution in [0.3, 0.4) is 0 Å². The van der Waals surface area contributed by atoms with Gasteiger partial charge in [0, 0.05) is 49.2 Å². The molecule has 0 atom stereocenters. The lowest BCUT2D eigenvalue weighted by Crippen LogP contribution is -2.50. The van der Waals surface area contributed by atoms with Crippen molar-refractivity contribution in [3.63, 3.8) is 0 Å². The SMILES string of the molecule is C[Si]1(C)c2ccccc2-c2c(-c3cccc(-n4c5ccccc5c5c6c(ccc54)oc4ccccc46)c3)nc(-c3ccccc3)nc21. The van der Waals surface area contributed by atoms with Crippen molar-refractivity contribution in [3.8, 4) is 39.5 Å². The van der Waals surface area contributed by atoms with Crippen molar-refractivity contribution in [2.24, 2.45) is 0 Å². The highest BCUT2D eigenvalue weighted by molar-refractivity contribution is 7.03. The number of aromatic nitrogens is 3. The van der Waals surface area contributed by atoms with Crippen LogP contribution in [0.2, 0.25) is 13.1 Å². The fourth-order valence-electron chi connectivity index (χ4n) is 7.81. The van der Waals surface area contributed by atoms with Gasteiger partial charge in [-0.05, 0) is 47.1 Å². The standard InChI is InChI=1S/C42H29N3OSi/c1-47(2)36-22-11-8-19-31(36)39-40(43-41(44-42(39)47)26-13-4-3-5-14-26)27-15-12-16-28(25-27)45-32-20-9-6-17-29(32)37-33(45)23-24-35-38(37)30-18-7-10-21-34(30)46-35/h3-25H,1-2H3. The summed E-state index contributed by atoms with van der Waals surface area (Å²) in [6, 6.07) is 49.5. The molecule has 0 amide bonds. The second-order valence-electron chi connectivity index (χ2n) is 13.0. The third-order valence-corrected chi connectivity index (χ3v) is 13.3. The molecule has 0 saturated heterocycles. The van der Waals surface area contributed by atoms with Gasteiger partial charge in [-0.25, -0.2) is 9.97 Å². The molecule has 4 nitrogen and oxygen atoms in total. The molecule has 0 fully saturated rings. The highest BCUT2D eigenvalue weighted by Crippen LogP contribution is 2.42. The van der Waals surface area contributed by atoms with E-state index in [0.29, 0.717) is 0 Å². The van der Waals surface area contributed by atoms with Crippen molar-refractivity contribution in [3.05, 3.63) is 140 Å². The average molecular weight is 620 g/mol. The number of nitrogens with zero attached hydrogens (tertiary/aromatic N) is 3. The maximum absolute atomic E-state index is 6.32. The second kappa shape index (κ2) is 9.61. The van der Waals surface area contributed by atoms with E-state index in [4.69, 9.17) is 14.4 Å². The molecule has 0 spiro atoms. The van der Waals surface area contributed by atoms with Crippen LogP contribution in [0.25, 0.3) is 83.2 Å². The molecule has 10 rings (SSSR count). The summed E-state index contributed by atoms with van der Waals surface area (Å²) in [7, 11) is -2.06. The lowest BCUT2D eigenvalue weighted by atomic mass is 10.00. The smallest absolute Gasteiger partial charge is 0.159 e. The molecular formula is C42H29N3OSi. The van der Waals surface area contributed by atoms with Gasteiger partial charge in [-0.2, -0.15) is 0 Å². The molecule has 6 aromatic carbocycles. The Kier molecular flexibility index (Phi) is 5.41. The third kappa shape index (κ3) is 3.69. The lowest BCUT2D eigenvalue weighted by Gasteiger charge is -2.19. The first-order chi connectivity index (χ1) is 23.1. The Morgan fingerprint density at radius 3 is 2.21 bits per heavy atom. The van der Waals surface area contributed by atoms with Crippen molar-refractivity contribution < 1.29 is 4.42 Å². The molecular weight excluding hydrogens is 591 g/mol. The Labute approximate surface area is 272 Å². The molecule has 4 heterocycles. The Morgan fingerprint density at radius 1 is 0.574 bits per heavy atom. The van der Waals surface area contributed by atoms with E-state index >= 15 is 0 Å². The topological polar surface area (TPSA) is 43.9 Å². The molecule has 1 aliphatic heterocycles. The van der Waals surface area contributed by atoms with Crippen LogP contribution in [-0.2, 0) is 0 Å². The van der Waals surface area contributed by atoms with Gasteiger partial charge in [0.25, 0.3) is 0 Å². The second-order valence-corrected chi connectivity index (χ2v) is 17.3. The Balaban J connectivity index is 1.26. The predicted molar refractivity (Wildman–Crippen MR) is 197 cm³/mol. The van der Waals surface area contributed by atoms with Gasteiger partial charge >= 0.3 is 0 Å². The monoisotopic (exact) mass is 619 g/mol. The largest absolute Gasteiger partial charge is 0.456 e. The summed E-state index contributed by atoms with van der Waals surface area (Å²) in [6.07, 6.45) is 0. The van der Waals surface area contributed by atoms with Gasteiger partial charge in [-0.1, -0.05) is 116 Å². The Bertz CT molecular complexity index is 2720. The summed E-state index contributed by atoms with van der Waals surface area (Å²) in [4.78, 5) is 10.7. The average Bonchev–Trinajstić information content (AvgIpc) is 3.74. The fourth-order valence-corrected chi connectivity index (χ4v) is 10.7. The quantitative estimate of drug-likeness (QED) is 0.185. The van der Waals surface area contributed by atoms with Gasteiger partial charge in [-0.3, -0.25) is 0 Å². The van der Waals surface area contributed by atoms with Crippen LogP contribution >= 0.6 is 0 Å². The zero-order chi connectivity index (χ0) is 31.3. The molecule has 0 unspecified atom stereocenters. The normalized spacial score (nSPS) is 13.5. The number of para-hydroxylation sites is 2. The fraction of sp³-hybridized carbons (Fsp3) is 0.0476. The van der Waals surface area contributed by atoms with E-state index in [1.54, 1.807) is 0 Å². The van der Waals surface area contributed by atoms with Crippen molar-refractivity contribution in [2.75, 3.05) is 0 Å². The molecule has 0 N–H and O–H groups in total. The summed E-state index contributed by atoms with van der Waals surface area (Å²) < 4.78 is 8.71. The van der Waals surface area contributed by atoms with Gasteiger partial charge in [0.15, 0.2) is 5.82 Å². The van der Waals surface area contributed by atoms with Crippen LogP contribution in [0.15, 0.2) is 144 Å². The van der Waals surface area contributed by atoms with E-state index in [1.165, 1.54) is 32.4 Å². The molecule has 0 radical (unpaired) electrons. The number of benzene rings is 6. The van der Waals surface area contributed by atoms with E-state index in [2.05, 4.69) is 145 Å². The summed E-state index contributed by atoms with van der Waals surface area (Å²) in [5, 5.41) is 7.35. The third-order valence-electron chi connectivity index (χ3n) is 9.96. The summed E-state index contributed by atoms with van der Waals surface area (Å²) >= 11 is 0. The minimum Gasteiger partial charge on any atom is -0.456 e. The van der Waals surface area contributed by atoms with Crippen molar-refractivity contribution >= 4 is 62.3 Å². The minimum absolute atomic E-state index is 0.782. The first-order valence-electron chi connectivity index (χ1n) is 16.1. The van der Waals surface area contributed by atoms with E-state index in [0.717, 1.165) is 61.3 Å². The molecule has 9 aromatic rings. The maximum atomic E-state index is 6.32. The molecule has 222 valence electrons. The number of fused-ring (bicyclic) bond motifs is 10. The molecule has 3 aromatic heterocycles. The molecule has 0 bridgehead atoms. The Morgan fingerprint density at radius 2 is 1.32 bits per heavy atom. The predicted octanol–water partition coefficient (Wildman–Crippen LogP) is 9.61. The Hall–Kier alpha value is -5.78. The van der Waals surface area contributed by atoms with E-state index < -0.39 is 8.07 Å². The van der Waals surface area contributed by atoms with Crippen LogP contribution in [-0.4, -0.2) is 22.6 Å². The summed E-state index contributed by atoms with van der Waals surface area (Å²) in [6.45, 7) is 4.83. The van der Waals surface area contributed by atoms with E-state index in [1.807, 2.05) is 12.1 Å². The first-order valence-corrected chi connectivity index (χ1v) is 19.1. The zero-order valence-corrected chi connectivity index (χ0v) is 27.0. The first kappa shape index (κ1) is 26.4. The van der Waals surface area contributed by atoms with E-state index in [9.17, 15) is 0 Å². The van der Waals surface area contributed by atoms with Crippen LogP contribution in [0.1, 0.15) is 0 Å². The summed E-state index contributed by atoms with van der Waals surface area (Å²) in [5.41, 5.74) is 10.8. The van der Waals surface area contributed by atoms with Gasteiger partial charge < -0.3 is 8.98 Å². The zero-order valence-electron chi connectivity index (χ0n) is 26.0. The van der Waals surface area contributed by atoms with Gasteiger partial charge in [0.05, 0.1) is 16.7 Å². The van der Waals surface area contributed by atoms with Gasteiger partial charge in [-0.15, -0.1) is 0 Å². The molecule has 5 heteroatoms. The highest BCUT2D eigenvalue weighted by atomic mass is 28.3.